The van der Waals surface area contributed by atoms with Gasteiger partial charge in [-0.3, -0.25) is 9.78 Å². The third kappa shape index (κ3) is 4.70. The fraction of sp³-hybridized carbons (Fsp3) is 0.346. The van der Waals surface area contributed by atoms with Crippen LogP contribution in [0.4, 0.5) is 10.2 Å². The first kappa shape index (κ1) is 22.1. The number of hydrogen-bond acceptors (Lipinski definition) is 5. The largest absolute Gasteiger partial charge is 0.354 e. The molecule has 0 spiro atoms. The Bertz CT molecular complexity index is 1130. The quantitative estimate of drug-likeness (QED) is 0.542. The van der Waals surface area contributed by atoms with Crippen LogP contribution in [0.5, 0.6) is 0 Å². The molecule has 0 bridgehead atoms. The Morgan fingerprint density at radius 1 is 1.19 bits per heavy atom. The zero-order valence-corrected chi connectivity index (χ0v) is 18.8. The molecule has 0 saturated carbocycles. The summed E-state index contributed by atoms with van der Waals surface area (Å²) in [6.45, 7) is 8.72. The van der Waals surface area contributed by atoms with Crippen LogP contribution in [-0.2, 0) is 0 Å². The summed E-state index contributed by atoms with van der Waals surface area (Å²) in [7, 11) is 0. The number of nitrogens with zero attached hydrogens (tertiary/aromatic N) is 3. The molecule has 5 nitrogen and oxygen atoms in total. The normalized spacial score (nSPS) is 16.4. The minimum absolute atomic E-state index is 0. The molecule has 0 aliphatic carbocycles. The van der Waals surface area contributed by atoms with E-state index in [1.165, 1.54) is 6.07 Å². The third-order valence-electron chi connectivity index (χ3n) is 5.85. The van der Waals surface area contributed by atoms with Crippen LogP contribution < -0.4 is 10.2 Å². The molecule has 3 aromatic rings. The highest BCUT2D eigenvalue weighted by molar-refractivity contribution is 6.12. The number of pyridine rings is 2. The second-order valence-electron chi connectivity index (χ2n) is 8.74. The number of rotatable bonds is 6. The lowest BCUT2D eigenvalue weighted by molar-refractivity contribution is 0.103. The average Bonchev–Trinajstić information content (AvgIpc) is 2.79. The number of hydrogen-bond donors (Lipinski definition) is 1. The zero-order chi connectivity index (χ0) is 22.7. The number of ketones is 1. The average molecular weight is 437 g/mol. The van der Waals surface area contributed by atoms with E-state index in [0.717, 1.165) is 31.9 Å². The molecule has 1 aliphatic rings. The van der Waals surface area contributed by atoms with Crippen LogP contribution in [0, 0.1) is 18.7 Å². The molecule has 1 aromatic carbocycles. The van der Waals surface area contributed by atoms with Crippen LogP contribution in [0.15, 0.2) is 54.7 Å². The first-order valence-electron chi connectivity index (χ1n) is 11.1. The van der Waals surface area contributed by atoms with Gasteiger partial charge in [-0.25, -0.2) is 9.37 Å². The molecule has 32 heavy (non-hydrogen) atoms. The molecule has 2 aromatic heterocycles. The number of anilines is 1. The number of aryl methyl sites for hydroxylation is 1. The molecule has 1 saturated heterocycles. The van der Waals surface area contributed by atoms with E-state index in [1.54, 1.807) is 43.5 Å². The van der Waals surface area contributed by atoms with E-state index in [1.807, 2.05) is 12.1 Å². The molecule has 1 atom stereocenters. The van der Waals surface area contributed by atoms with E-state index in [0.29, 0.717) is 34.3 Å². The van der Waals surface area contributed by atoms with Gasteiger partial charge in [-0.2, -0.15) is 0 Å². The first-order chi connectivity index (χ1) is 15.4. The number of aromatic nitrogens is 2. The van der Waals surface area contributed by atoms with Crippen molar-refractivity contribution in [3.63, 3.8) is 0 Å². The van der Waals surface area contributed by atoms with E-state index in [9.17, 15) is 9.18 Å². The maximum atomic E-state index is 14.7. The molecule has 4 rings (SSSR count). The van der Waals surface area contributed by atoms with Gasteiger partial charge in [0.25, 0.3) is 0 Å². The molecule has 0 radical (unpaired) electrons. The van der Waals surface area contributed by atoms with Crippen LogP contribution in [-0.4, -0.2) is 41.4 Å². The molecule has 3 heterocycles. The highest BCUT2D eigenvalue weighted by atomic mass is 19.1. The molecule has 1 N–H and O–H groups in total. The Labute approximate surface area is 191 Å². The monoisotopic (exact) mass is 436 g/mol. The number of halogens is 1. The summed E-state index contributed by atoms with van der Waals surface area (Å²) in [5, 5.41) is 3.57. The number of benzene rings is 1. The number of carbonyl (C=O) groups excluding carboxylic acids is 1. The van der Waals surface area contributed by atoms with Gasteiger partial charge in [-0.05, 0) is 49.6 Å². The summed E-state index contributed by atoms with van der Waals surface area (Å²) in [4.78, 5) is 24.8. The Balaban J connectivity index is 0.00000204. The van der Waals surface area contributed by atoms with Crippen molar-refractivity contribution in [1.82, 2.24) is 15.3 Å². The van der Waals surface area contributed by atoms with Crippen molar-refractivity contribution < 1.29 is 12.0 Å². The molecule has 0 unspecified atom stereocenters. The predicted octanol–water partition coefficient (Wildman–Crippen LogP) is 5.14. The van der Waals surface area contributed by atoms with Crippen molar-refractivity contribution in [1.29, 1.82) is 0 Å². The molecule has 1 fully saturated rings. The van der Waals surface area contributed by atoms with Crippen molar-refractivity contribution in [2.45, 2.75) is 33.2 Å². The zero-order valence-electron chi connectivity index (χ0n) is 18.8. The summed E-state index contributed by atoms with van der Waals surface area (Å²) in [5.41, 5.74) is 2.22. The Morgan fingerprint density at radius 2 is 2.00 bits per heavy atom. The second-order valence-corrected chi connectivity index (χ2v) is 8.74. The fourth-order valence-electron chi connectivity index (χ4n) is 4.31. The lowest BCUT2D eigenvalue weighted by Crippen LogP contribution is -2.51. The highest BCUT2D eigenvalue weighted by Gasteiger charge is 2.25. The van der Waals surface area contributed by atoms with Crippen molar-refractivity contribution >= 4 is 11.6 Å². The molecule has 6 heteroatoms. The smallest absolute Gasteiger partial charge is 0.213 e. The summed E-state index contributed by atoms with van der Waals surface area (Å²) in [6.07, 6.45) is 2.73. The first-order valence-corrected chi connectivity index (χ1v) is 11.1. The van der Waals surface area contributed by atoms with Crippen molar-refractivity contribution in [3.05, 3.63) is 77.5 Å². The predicted molar refractivity (Wildman–Crippen MR) is 130 cm³/mol. The third-order valence-corrected chi connectivity index (χ3v) is 5.85. The van der Waals surface area contributed by atoms with Crippen molar-refractivity contribution in [3.8, 4) is 11.1 Å². The van der Waals surface area contributed by atoms with Crippen LogP contribution >= 0.6 is 0 Å². The van der Waals surface area contributed by atoms with Crippen LogP contribution in [0.1, 0.15) is 44.9 Å². The van der Waals surface area contributed by atoms with E-state index in [4.69, 9.17) is 4.98 Å². The lowest BCUT2D eigenvalue weighted by atomic mass is 9.97. The van der Waals surface area contributed by atoms with Gasteiger partial charge in [0.1, 0.15) is 17.3 Å². The standard InChI is InChI=1S/C26H29FN4O.2H2/c1-17(2)15-19-16-31(14-13-29-19)24-11-10-22(21-7-4-5-9-23(21)27)25(30-24)26(32)20-8-6-12-28-18(20)3;;/h4-12,17,19,29H,13-16H2,1-3H3;2*1H/t19-;;/m0../s1. The fourth-order valence-corrected chi connectivity index (χ4v) is 4.31. The molecule has 0 amide bonds. The Hall–Kier alpha value is -3.12. The SMILES string of the molecule is Cc1ncccc1C(=O)c1nc(N2CCN[C@@H](CC(C)C)C2)ccc1-c1ccccc1F.[HH].[HH]. The summed E-state index contributed by atoms with van der Waals surface area (Å²) >= 11 is 0. The van der Waals surface area contributed by atoms with Gasteiger partial charge in [-0.1, -0.05) is 32.0 Å². The van der Waals surface area contributed by atoms with Crippen molar-refractivity contribution in [2.24, 2.45) is 5.92 Å². The van der Waals surface area contributed by atoms with Gasteiger partial charge in [0, 0.05) is 57.1 Å². The number of carbonyl (C=O) groups is 1. The number of nitrogens with one attached hydrogen (secondary N) is 1. The van der Waals surface area contributed by atoms with Crippen molar-refractivity contribution in [2.75, 3.05) is 24.5 Å². The minimum Gasteiger partial charge on any atom is -0.354 e. The second kappa shape index (κ2) is 9.57. The molecule has 1 aliphatic heterocycles. The van der Waals surface area contributed by atoms with Gasteiger partial charge in [0.15, 0.2) is 0 Å². The van der Waals surface area contributed by atoms with Crippen LogP contribution in [0.25, 0.3) is 11.1 Å². The Kier molecular flexibility index (Phi) is 6.61. The number of piperazine rings is 1. The van der Waals surface area contributed by atoms with E-state index in [-0.39, 0.29) is 20.1 Å². The topological polar surface area (TPSA) is 58.1 Å². The van der Waals surface area contributed by atoms with E-state index < -0.39 is 0 Å². The lowest BCUT2D eigenvalue weighted by Gasteiger charge is -2.35. The van der Waals surface area contributed by atoms with Crippen LogP contribution in [0.3, 0.4) is 0 Å². The summed E-state index contributed by atoms with van der Waals surface area (Å²) < 4.78 is 14.7. The van der Waals surface area contributed by atoms with E-state index in [2.05, 4.69) is 29.0 Å². The Morgan fingerprint density at radius 3 is 2.75 bits per heavy atom. The van der Waals surface area contributed by atoms with Gasteiger partial charge in [0.05, 0.1) is 0 Å². The maximum Gasteiger partial charge on any atom is 0.213 e. The highest BCUT2D eigenvalue weighted by Crippen LogP contribution is 2.30. The molecule has 170 valence electrons. The van der Waals surface area contributed by atoms with Gasteiger partial charge >= 0.3 is 0 Å². The maximum absolute atomic E-state index is 14.7. The summed E-state index contributed by atoms with van der Waals surface area (Å²) in [6, 6.07) is 14.1. The van der Waals surface area contributed by atoms with E-state index >= 15 is 0 Å². The van der Waals surface area contributed by atoms with Gasteiger partial charge < -0.3 is 10.2 Å². The van der Waals surface area contributed by atoms with Gasteiger partial charge in [0.2, 0.25) is 5.78 Å². The molecular formula is C26H33FN4O. The van der Waals surface area contributed by atoms with Crippen LogP contribution in [0.2, 0.25) is 0 Å². The molecular weight excluding hydrogens is 403 g/mol. The minimum atomic E-state index is -0.377. The van der Waals surface area contributed by atoms with Gasteiger partial charge in [-0.15, -0.1) is 0 Å². The summed E-state index contributed by atoms with van der Waals surface area (Å²) in [5.74, 6) is 0.711.